The topological polar surface area (TPSA) is 29.5 Å². The Morgan fingerprint density at radius 3 is 1.52 bits per heavy atom. The molecule has 0 amide bonds. The van der Waals surface area contributed by atoms with Gasteiger partial charge in [-0.1, -0.05) is 0 Å². The molecule has 1 N–H and O–H groups in total. The predicted molar refractivity (Wildman–Crippen MR) is 118 cm³/mol. The van der Waals surface area contributed by atoms with Crippen LogP contribution in [0.25, 0.3) is 0 Å². The Hall–Kier alpha value is 0.370. The molecule has 0 radical (unpaired) electrons. The van der Waals surface area contributed by atoms with Gasteiger partial charge in [0.2, 0.25) is 0 Å². The van der Waals surface area contributed by atoms with E-state index in [0.717, 1.165) is 9.32 Å². The number of rotatable bonds is 4. The van der Waals surface area contributed by atoms with Crippen molar-refractivity contribution in [2.75, 3.05) is 24.2 Å². The van der Waals surface area contributed by atoms with Gasteiger partial charge in [-0.3, -0.25) is 0 Å². The number of alkyl halides is 3. The molecule has 0 aliphatic rings. The zero-order valence-corrected chi connectivity index (χ0v) is 18.8. The minimum absolute atomic E-state index is 0.324. The van der Waals surface area contributed by atoms with Gasteiger partial charge in [0.1, 0.15) is 18.1 Å². The number of ether oxygens (including phenoxy) is 1. The van der Waals surface area contributed by atoms with Gasteiger partial charge in [-0.05, 0) is 93.7 Å². The fourth-order valence-corrected chi connectivity index (χ4v) is 1.92. The van der Waals surface area contributed by atoms with Crippen molar-refractivity contribution in [3.63, 3.8) is 0 Å². The minimum Gasteiger partial charge on any atom is -0.508 e. The van der Waals surface area contributed by atoms with Crippen LogP contribution in [0.5, 0.6) is 11.5 Å². The molecule has 2 rings (SSSR count). The molecule has 0 atom stereocenters. The van der Waals surface area contributed by atoms with Crippen LogP contribution in [0, 0.1) is 7.14 Å². The summed E-state index contributed by atoms with van der Waals surface area (Å²) in [6.07, 6.45) is 0. The third kappa shape index (κ3) is 14.4. The summed E-state index contributed by atoms with van der Waals surface area (Å²) >= 11 is 20.0. The lowest BCUT2D eigenvalue weighted by Crippen LogP contribution is -1.97. The molecule has 2 aromatic rings. The number of hydrogen-bond acceptors (Lipinski definition) is 2. The van der Waals surface area contributed by atoms with Gasteiger partial charge in [-0.2, -0.15) is 0 Å². The van der Waals surface area contributed by atoms with E-state index >= 15 is 0 Å². The Morgan fingerprint density at radius 2 is 1.17 bits per heavy atom. The molecule has 0 aliphatic heterocycles. The Kier molecular flexibility index (Phi) is 16.1. The maximum absolute atomic E-state index is 8.75. The van der Waals surface area contributed by atoms with Crippen molar-refractivity contribution in [2.45, 2.75) is 0 Å². The van der Waals surface area contributed by atoms with E-state index in [2.05, 4.69) is 45.2 Å². The standard InChI is InChI=1S/C8H8ClIO.C6H5IO.C2H4Cl2/c9-5-6-11-8-3-1-7(10)2-4-8;7-5-1-3-6(8)4-2-5;3-1-2-4/h1-4H,5-6H2;1-4,8H;1-2H2. The molecule has 0 heterocycles. The molecule has 7 heteroatoms. The smallest absolute Gasteiger partial charge is 0.119 e. The van der Waals surface area contributed by atoms with Crippen LogP contribution < -0.4 is 4.74 Å². The molecule has 0 aromatic heterocycles. The highest BCUT2D eigenvalue weighted by atomic mass is 127. The van der Waals surface area contributed by atoms with Crippen LogP contribution in [0.4, 0.5) is 0 Å². The Morgan fingerprint density at radius 1 is 0.739 bits per heavy atom. The molecule has 0 spiro atoms. The molecule has 0 aliphatic carbocycles. The summed E-state index contributed by atoms with van der Waals surface area (Å²) in [7, 11) is 0. The molecule has 128 valence electrons. The molecule has 0 saturated carbocycles. The lowest BCUT2D eigenvalue weighted by molar-refractivity contribution is 0.343. The fraction of sp³-hybridized carbons (Fsp3) is 0.250. The second kappa shape index (κ2) is 15.9. The van der Waals surface area contributed by atoms with Crippen LogP contribution >= 0.6 is 80.0 Å². The number of aromatic hydroxyl groups is 1. The average Bonchev–Trinajstić information content (AvgIpc) is 2.58. The van der Waals surface area contributed by atoms with Crippen LogP contribution in [0.15, 0.2) is 48.5 Å². The van der Waals surface area contributed by atoms with E-state index in [9.17, 15) is 0 Å². The van der Waals surface area contributed by atoms with Crippen LogP contribution in [0.2, 0.25) is 0 Å². The molecule has 0 fully saturated rings. The number of phenols is 1. The minimum atomic E-state index is 0.324. The van der Waals surface area contributed by atoms with Gasteiger partial charge in [0, 0.05) is 18.9 Å². The quantitative estimate of drug-likeness (QED) is 0.326. The Labute approximate surface area is 179 Å². The SMILES string of the molecule is ClCCCl.ClCCOc1ccc(I)cc1.Oc1ccc(I)cc1. The van der Waals surface area contributed by atoms with Crippen LogP contribution in [-0.2, 0) is 0 Å². The van der Waals surface area contributed by atoms with Crippen molar-refractivity contribution in [1.82, 2.24) is 0 Å². The van der Waals surface area contributed by atoms with Crippen molar-refractivity contribution < 1.29 is 9.84 Å². The number of halogens is 5. The summed E-state index contributed by atoms with van der Waals surface area (Å²) in [4.78, 5) is 0. The highest BCUT2D eigenvalue weighted by Crippen LogP contribution is 2.13. The van der Waals surface area contributed by atoms with E-state index < -0.39 is 0 Å². The van der Waals surface area contributed by atoms with Crippen molar-refractivity contribution in [2.24, 2.45) is 0 Å². The second-order valence-corrected chi connectivity index (χ2v) is 7.47. The molecular weight excluding hydrogens is 584 g/mol. The summed E-state index contributed by atoms with van der Waals surface area (Å²) in [6.45, 7) is 0.572. The normalized spacial score (nSPS) is 9.09. The van der Waals surface area contributed by atoms with E-state index in [1.807, 2.05) is 36.4 Å². The first-order chi connectivity index (χ1) is 11.0. The number of benzene rings is 2. The number of phenolic OH excluding ortho intramolecular Hbond substituents is 1. The zero-order valence-electron chi connectivity index (χ0n) is 12.2. The highest BCUT2D eigenvalue weighted by molar-refractivity contribution is 14.1. The summed E-state index contributed by atoms with van der Waals surface area (Å²) in [5, 5.41) is 8.75. The van der Waals surface area contributed by atoms with Crippen molar-refractivity contribution in [3.8, 4) is 11.5 Å². The van der Waals surface area contributed by atoms with E-state index in [1.54, 1.807) is 12.1 Å². The first-order valence-corrected chi connectivity index (χ1v) is 10.3. The van der Waals surface area contributed by atoms with Gasteiger partial charge in [-0.25, -0.2) is 0 Å². The monoisotopic (exact) mass is 600 g/mol. The maximum Gasteiger partial charge on any atom is 0.119 e. The third-order valence-electron chi connectivity index (χ3n) is 2.06. The van der Waals surface area contributed by atoms with E-state index in [-0.39, 0.29) is 0 Å². The first kappa shape index (κ1) is 23.4. The van der Waals surface area contributed by atoms with Gasteiger partial charge < -0.3 is 9.84 Å². The van der Waals surface area contributed by atoms with E-state index in [0.29, 0.717) is 30.0 Å². The summed E-state index contributed by atoms with van der Waals surface area (Å²) in [5.74, 6) is 2.85. The van der Waals surface area contributed by atoms with Crippen LogP contribution in [0.3, 0.4) is 0 Å². The predicted octanol–water partition coefficient (Wildman–Crippen LogP) is 6.37. The summed E-state index contributed by atoms with van der Waals surface area (Å²) < 4.78 is 7.62. The molecule has 2 nitrogen and oxygen atoms in total. The zero-order chi connectivity index (χ0) is 17.5. The Bertz CT molecular complexity index is 485. The highest BCUT2D eigenvalue weighted by Gasteiger charge is 1.91. The fourth-order valence-electron chi connectivity index (χ4n) is 1.13. The van der Waals surface area contributed by atoms with Crippen molar-refractivity contribution in [3.05, 3.63) is 55.7 Å². The molecule has 0 bridgehead atoms. The lowest BCUT2D eigenvalue weighted by Gasteiger charge is -2.02. The Balaban J connectivity index is 0.000000354. The summed E-state index contributed by atoms with van der Waals surface area (Å²) in [6, 6.07) is 14.9. The summed E-state index contributed by atoms with van der Waals surface area (Å²) in [5.41, 5.74) is 0. The lowest BCUT2D eigenvalue weighted by atomic mass is 10.3. The van der Waals surface area contributed by atoms with Gasteiger partial charge in [0.15, 0.2) is 0 Å². The largest absolute Gasteiger partial charge is 0.508 e. The van der Waals surface area contributed by atoms with Gasteiger partial charge in [-0.15, -0.1) is 34.8 Å². The second-order valence-electron chi connectivity index (χ2n) is 3.85. The van der Waals surface area contributed by atoms with E-state index in [1.165, 1.54) is 3.57 Å². The molecule has 0 saturated heterocycles. The van der Waals surface area contributed by atoms with Gasteiger partial charge in [0.05, 0.1) is 5.88 Å². The maximum atomic E-state index is 8.75. The van der Waals surface area contributed by atoms with Gasteiger partial charge in [0.25, 0.3) is 0 Å². The van der Waals surface area contributed by atoms with Crippen molar-refractivity contribution in [1.29, 1.82) is 0 Å². The van der Waals surface area contributed by atoms with Crippen LogP contribution in [0.1, 0.15) is 0 Å². The van der Waals surface area contributed by atoms with Crippen molar-refractivity contribution >= 4 is 80.0 Å². The van der Waals surface area contributed by atoms with Crippen LogP contribution in [-0.4, -0.2) is 29.4 Å². The molecule has 23 heavy (non-hydrogen) atoms. The van der Waals surface area contributed by atoms with E-state index in [4.69, 9.17) is 44.6 Å². The first-order valence-electron chi connectivity index (χ1n) is 6.54. The molecular formula is C16H17Cl3I2O2. The average molecular weight is 601 g/mol. The third-order valence-corrected chi connectivity index (χ3v) is 4.22. The number of hydrogen-bond donors (Lipinski definition) is 1. The van der Waals surface area contributed by atoms with Gasteiger partial charge >= 0.3 is 0 Å². The molecule has 0 unspecified atom stereocenters. The molecule has 2 aromatic carbocycles.